The van der Waals surface area contributed by atoms with E-state index in [1.54, 1.807) is 0 Å². The molecular weight excluding hydrogens is 246 g/mol. The number of hydrogen-bond acceptors (Lipinski definition) is 3. The molecule has 3 nitrogen and oxygen atoms in total. The third kappa shape index (κ3) is 3.55. The zero-order chi connectivity index (χ0) is 14.8. The summed E-state index contributed by atoms with van der Waals surface area (Å²) in [6, 6.07) is 1.43. The van der Waals surface area contributed by atoms with Gasteiger partial charge < -0.3 is 5.73 Å². The highest BCUT2D eigenvalue weighted by atomic mass is 15.3. The van der Waals surface area contributed by atoms with Crippen LogP contribution in [-0.4, -0.2) is 53.6 Å². The van der Waals surface area contributed by atoms with Crippen molar-refractivity contribution in [1.29, 1.82) is 0 Å². The molecule has 3 atom stereocenters. The standard InChI is InChI=1S/C17H35N3/c1-14(2)8-9-17(4,13-18)20-12-16-7-5-6-10-19(16)11-15(20)3/h14-16H,5-13,18H2,1-4H3. The highest BCUT2D eigenvalue weighted by Crippen LogP contribution is 2.31. The minimum Gasteiger partial charge on any atom is -0.329 e. The Balaban J connectivity index is 2.04. The van der Waals surface area contributed by atoms with E-state index in [4.69, 9.17) is 5.73 Å². The smallest absolute Gasteiger partial charge is 0.0307 e. The molecule has 2 rings (SSSR count). The Hall–Kier alpha value is -0.120. The van der Waals surface area contributed by atoms with E-state index in [1.165, 1.54) is 51.7 Å². The largest absolute Gasteiger partial charge is 0.329 e. The highest BCUT2D eigenvalue weighted by Gasteiger charge is 2.40. The SMILES string of the molecule is CC(C)CCC(C)(CN)N1CC2CCCCN2CC1C. The highest BCUT2D eigenvalue weighted by molar-refractivity contribution is 4.98. The van der Waals surface area contributed by atoms with E-state index in [9.17, 15) is 0 Å². The number of piperazine rings is 1. The summed E-state index contributed by atoms with van der Waals surface area (Å²) in [6.07, 6.45) is 6.71. The molecule has 0 aliphatic carbocycles. The van der Waals surface area contributed by atoms with Crippen LogP contribution >= 0.6 is 0 Å². The van der Waals surface area contributed by atoms with Gasteiger partial charge in [-0.1, -0.05) is 20.3 Å². The Morgan fingerprint density at radius 1 is 1.25 bits per heavy atom. The van der Waals surface area contributed by atoms with Crippen molar-refractivity contribution >= 4 is 0 Å². The summed E-state index contributed by atoms with van der Waals surface area (Å²) in [7, 11) is 0. The lowest BCUT2D eigenvalue weighted by Crippen LogP contribution is -2.66. The second-order valence-electron chi connectivity index (χ2n) is 7.78. The molecule has 0 radical (unpaired) electrons. The minimum absolute atomic E-state index is 0.188. The molecule has 20 heavy (non-hydrogen) atoms. The molecule has 0 spiro atoms. The Morgan fingerprint density at radius 2 is 2.00 bits per heavy atom. The van der Waals surface area contributed by atoms with Gasteiger partial charge in [0.1, 0.15) is 0 Å². The fraction of sp³-hybridized carbons (Fsp3) is 1.00. The molecular formula is C17H35N3. The van der Waals surface area contributed by atoms with Gasteiger partial charge in [0.05, 0.1) is 0 Å². The molecule has 0 amide bonds. The minimum atomic E-state index is 0.188. The lowest BCUT2D eigenvalue weighted by Gasteiger charge is -2.54. The average Bonchev–Trinajstić information content (AvgIpc) is 2.44. The van der Waals surface area contributed by atoms with E-state index in [2.05, 4.69) is 37.5 Å². The lowest BCUT2D eigenvalue weighted by molar-refractivity contribution is -0.0431. The summed E-state index contributed by atoms with van der Waals surface area (Å²) < 4.78 is 0. The quantitative estimate of drug-likeness (QED) is 0.841. The maximum atomic E-state index is 6.20. The van der Waals surface area contributed by atoms with Gasteiger partial charge in [0.15, 0.2) is 0 Å². The van der Waals surface area contributed by atoms with Crippen LogP contribution in [0.3, 0.4) is 0 Å². The molecule has 0 aromatic rings. The number of piperidine rings is 1. The van der Waals surface area contributed by atoms with E-state index < -0.39 is 0 Å². The van der Waals surface area contributed by atoms with E-state index in [1.807, 2.05) is 0 Å². The average molecular weight is 281 g/mol. The van der Waals surface area contributed by atoms with Crippen molar-refractivity contribution in [2.45, 2.75) is 77.4 Å². The zero-order valence-corrected chi connectivity index (χ0v) is 14.1. The lowest BCUT2D eigenvalue weighted by atomic mass is 9.86. The first kappa shape index (κ1) is 16.3. The van der Waals surface area contributed by atoms with Crippen molar-refractivity contribution in [3.05, 3.63) is 0 Å². The van der Waals surface area contributed by atoms with Gasteiger partial charge in [0, 0.05) is 37.3 Å². The van der Waals surface area contributed by atoms with Crippen LogP contribution in [-0.2, 0) is 0 Å². The summed E-state index contributed by atoms with van der Waals surface area (Å²) in [5, 5.41) is 0. The molecule has 0 bridgehead atoms. The Kier molecular flexibility index (Phi) is 5.49. The van der Waals surface area contributed by atoms with E-state index in [0.717, 1.165) is 18.5 Å². The first-order chi connectivity index (χ1) is 9.46. The molecule has 2 heterocycles. The van der Waals surface area contributed by atoms with Gasteiger partial charge in [0.25, 0.3) is 0 Å². The van der Waals surface area contributed by atoms with Crippen LogP contribution in [0.2, 0.25) is 0 Å². The third-order valence-electron chi connectivity index (χ3n) is 5.58. The molecule has 2 aliphatic heterocycles. The monoisotopic (exact) mass is 281 g/mol. The fourth-order valence-electron chi connectivity index (χ4n) is 4.07. The summed E-state index contributed by atoms with van der Waals surface area (Å²) in [5.41, 5.74) is 6.39. The van der Waals surface area contributed by atoms with Crippen molar-refractivity contribution in [3.63, 3.8) is 0 Å². The maximum Gasteiger partial charge on any atom is 0.0307 e. The van der Waals surface area contributed by atoms with Gasteiger partial charge in [-0.15, -0.1) is 0 Å². The van der Waals surface area contributed by atoms with Crippen LogP contribution < -0.4 is 5.73 Å². The van der Waals surface area contributed by atoms with Crippen LogP contribution in [0.1, 0.15) is 59.8 Å². The Bertz CT molecular complexity index is 305. The van der Waals surface area contributed by atoms with Crippen LogP contribution in [0.25, 0.3) is 0 Å². The van der Waals surface area contributed by atoms with Gasteiger partial charge in [-0.2, -0.15) is 0 Å². The second-order valence-corrected chi connectivity index (χ2v) is 7.78. The third-order valence-corrected chi connectivity index (χ3v) is 5.58. The predicted octanol–water partition coefficient (Wildman–Crippen LogP) is 2.70. The van der Waals surface area contributed by atoms with E-state index in [-0.39, 0.29) is 5.54 Å². The predicted molar refractivity (Wildman–Crippen MR) is 86.9 cm³/mol. The van der Waals surface area contributed by atoms with Crippen molar-refractivity contribution in [2.24, 2.45) is 11.7 Å². The molecule has 3 heteroatoms. The van der Waals surface area contributed by atoms with Crippen molar-refractivity contribution < 1.29 is 0 Å². The van der Waals surface area contributed by atoms with Crippen LogP contribution in [0.4, 0.5) is 0 Å². The van der Waals surface area contributed by atoms with Crippen LogP contribution in [0.5, 0.6) is 0 Å². The number of fused-ring (bicyclic) bond motifs is 1. The van der Waals surface area contributed by atoms with Crippen LogP contribution in [0, 0.1) is 5.92 Å². The summed E-state index contributed by atoms with van der Waals surface area (Å²) in [5.74, 6) is 0.771. The van der Waals surface area contributed by atoms with Crippen molar-refractivity contribution in [3.8, 4) is 0 Å². The fourth-order valence-corrected chi connectivity index (χ4v) is 4.07. The molecule has 3 unspecified atom stereocenters. The molecule has 2 fully saturated rings. The molecule has 2 saturated heterocycles. The molecule has 0 saturated carbocycles. The Morgan fingerprint density at radius 3 is 2.65 bits per heavy atom. The zero-order valence-electron chi connectivity index (χ0n) is 14.1. The summed E-state index contributed by atoms with van der Waals surface area (Å²) in [6.45, 7) is 14.0. The number of rotatable bonds is 5. The normalized spacial score (nSPS) is 32.1. The number of nitrogens with two attached hydrogens (primary N) is 1. The van der Waals surface area contributed by atoms with Gasteiger partial charge in [-0.3, -0.25) is 9.80 Å². The second kappa shape index (κ2) is 6.76. The topological polar surface area (TPSA) is 32.5 Å². The Labute approximate surface area is 125 Å². The van der Waals surface area contributed by atoms with Gasteiger partial charge >= 0.3 is 0 Å². The molecule has 118 valence electrons. The van der Waals surface area contributed by atoms with E-state index in [0.29, 0.717) is 6.04 Å². The van der Waals surface area contributed by atoms with E-state index >= 15 is 0 Å². The molecule has 0 aromatic heterocycles. The van der Waals surface area contributed by atoms with Gasteiger partial charge in [0.2, 0.25) is 0 Å². The number of hydrogen-bond donors (Lipinski definition) is 1. The number of nitrogens with zero attached hydrogens (tertiary/aromatic N) is 2. The molecule has 0 aromatic carbocycles. The van der Waals surface area contributed by atoms with Crippen molar-refractivity contribution in [1.82, 2.24) is 9.80 Å². The molecule has 2 aliphatic rings. The van der Waals surface area contributed by atoms with Crippen LogP contribution in [0.15, 0.2) is 0 Å². The summed E-state index contributed by atoms with van der Waals surface area (Å²) >= 11 is 0. The van der Waals surface area contributed by atoms with Gasteiger partial charge in [-0.25, -0.2) is 0 Å². The summed E-state index contributed by atoms with van der Waals surface area (Å²) in [4.78, 5) is 5.46. The first-order valence-electron chi connectivity index (χ1n) is 8.67. The first-order valence-corrected chi connectivity index (χ1v) is 8.67. The van der Waals surface area contributed by atoms with Gasteiger partial charge in [-0.05, 0) is 52.0 Å². The molecule has 2 N–H and O–H groups in total. The maximum absolute atomic E-state index is 6.20. The van der Waals surface area contributed by atoms with Crippen molar-refractivity contribution in [2.75, 3.05) is 26.2 Å².